The Bertz CT molecular complexity index is 704. The standard InChI is InChI=1S/C14H11N3O/c15-7-5-14-16-12-3-1-2-4-13(12)17(14)9-11-6-8-18-10-11/h1-4,6,8,10H,5,9H2. The lowest BCUT2D eigenvalue weighted by Gasteiger charge is -2.05. The van der Waals surface area contributed by atoms with E-state index < -0.39 is 0 Å². The third kappa shape index (κ3) is 1.76. The smallest absolute Gasteiger partial charge is 0.124 e. The minimum absolute atomic E-state index is 0.312. The van der Waals surface area contributed by atoms with E-state index in [0.29, 0.717) is 13.0 Å². The van der Waals surface area contributed by atoms with Gasteiger partial charge < -0.3 is 8.98 Å². The molecule has 3 rings (SSSR count). The number of imidazole rings is 1. The van der Waals surface area contributed by atoms with Crippen LogP contribution in [0.1, 0.15) is 11.4 Å². The number of nitriles is 1. The zero-order valence-corrected chi connectivity index (χ0v) is 9.71. The second-order valence-corrected chi connectivity index (χ2v) is 4.07. The summed E-state index contributed by atoms with van der Waals surface area (Å²) in [5.74, 6) is 0.792. The molecule has 0 saturated heterocycles. The molecule has 1 aromatic carbocycles. The van der Waals surface area contributed by atoms with Crippen LogP contribution in [0.25, 0.3) is 11.0 Å². The zero-order chi connectivity index (χ0) is 12.4. The predicted molar refractivity (Wildman–Crippen MR) is 66.9 cm³/mol. The van der Waals surface area contributed by atoms with Gasteiger partial charge >= 0.3 is 0 Å². The number of hydrogen-bond acceptors (Lipinski definition) is 3. The molecule has 0 fully saturated rings. The van der Waals surface area contributed by atoms with E-state index in [9.17, 15) is 0 Å². The quantitative estimate of drug-likeness (QED) is 0.703. The summed E-state index contributed by atoms with van der Waals surface area (Å²) in [6.07, 6.45) is 3.68. The molecular weight excluding hydrogens is 226 g/mol. The van der Waals surface area contributed by atoms with Gasteiger partial charge in [-0.2, -0.15) is 5.26 Å². The molecule has 0 aliphatic rings. The van der Waals surface area contributed by atoms with Crippen molar-refractivity contribution in [1.82, 2.24) is 9.55 Å². The van der Waals surface area contributed by atoms with Gasteiger partial charge in [-0.15, -0.1) is 0 Å². The lowest BCUT2D eigenvalue weighted by molar-refractivity contribution is 0.562. The second-order valence-electron chi connectivity index (χ2n) is 4.07. The minimum atomic E-state index is 0.312. The van der Waals surface area contributed by atoms with Crippen LogP contribution in [0.5, 0.6) is 0 Å². The van der Waals surface area contributed by atoms with Crippen molar-refractivity contribution in [3.8, 4) is 6.07 Å². The Morgan fingerprint density at radius 1 is 1.28 bits per heavy atom. The van der Waals surface area contributed by atoms with Crippen LogP contribution in [0.15, 0.2) is 47.3 Å². The SMILES string of the molecule is N#CCc1nc2ccccc2n1Cc1ccoc1. The van der Waals surface area contributed by atoms with Gasteiger partial charge in [0, 0.05) is 5.56 Å². The number of furan rings is 1. The van der Waals surface area contributed by atoms with Gasteiger partial charge in [0.05, 0.1) is 42.6 Å². The molecule has 2 heterocycles. The van der Waals surface area contributed by atoms with E-state index in [4.69, 9.17) is 9.68 Å². The summed E-state index contributed by atoms with van der Waals surface area (Å²) in [6.45, 7) is 0.675. The van der Waals surface area contributed by atoms with E-state index in [1.165, 1.54) is 0 Å². The van der Waals surface area contributed by atoms with E-state index >= 15 is 0 Å². The van der Waals surface area contributed by atoms with Crippen LogP contribution in [0.2, 0.25) is 0 Å². The monoisotopic (exact) mass is 237 g/mol. The first kappa shape index (κ1) is 10.6. The van der Waals surface area contributed by atoms with Gasteiger partial charge in [0.2, 0.25) is 0 Å². The van der Waals surface area contributed by atoms with E-state index in [0.717, 1.165) is 22.4 Å². The number of hydrogen-bond donors (Lipinski definition) is 0. The Morgan fingerprint density at radius 3 is 2.94 bits per heavy atom. The predicted octanol–water partition coefficient (Wildman–Crippen LogP) is 2.74. The molecule has 88 valence electrons. The summed E-state index contributed by atoms with van der Waals surface area (Å²) < 4.78 is 7.14. The second kappa shape index (κ2) is 4.38. The molecule has 0 atom stereocenters. The van der Waals surface area contributed by atoms with Crippen molar-refractivity contribution in [3.05, 3.63) is 54.2 Å². The topological polar surface area (TPSA) is 54.8 Å². The van der Waals surface area contributed by atoms with Crippen molar-refractivity contribution in [2.24, 2.45) is 0 Å². The maximum Gasteiger partial charge on any atom is 0.124 e. The fourth-order valence-electron chi connectivity index (χ4n) is 2.07. The number of para-hydroxylation sites is 2. The van der Waals surface area contributed by atoms with Crippen molar-refractivity contribution in [1.29, 1.82) is 5.26 Å². The van der Waals surface area contributed by atoms with Crippen molar-refractivity contribution in [2.75, 3.05) is 0 Å². The maximum absolute atomic E-state index is 8.87. The van der Waals surface area contributed by atoms with Gasteiger partial charge in [-0.25, -0.2) is 4.98 Å². The molecular formula is C14H11N3O. The molecule has 0 N–H and O–H groups in total. The summed E-state index contributed by atoms with van der Waals surface area (Å²) in [7, 11) is 0. The number of benzene rings is 1. The molecule has 4 nitrogen and oxygen atoms in total. The van der Waals surface area contributed by atoms with E-state index in [1.807, 2.05) is 30.3 Å². The van der Waals surface area contributed by atoms with Crippen LogP contribution in [0, 0.1) is 11.3 Å². The average molecular weight is 237 g/mol. The first-order valence-electron chi connectivity index (χ1n) is 5.70. The summed E-state index contributed by atoms with van der Waals surface area (Å²) in [4.78, 5) is 4.49. The molecule has 0 unspecified atom stereocenters. The van der Waals surface area contributed by atoms with Gasteiger partial charge in [0.15, 0.2) is 0 Å². The highest BCUT2D eigenvalue weighted by Gasteiger charge is 2.10. The first-order chi connectivity index (χ1) is 8.88. The molecule has 3 aromatic rings. The Hall–Kier alpha value is -2.54. The summed E-state index contributed by atoms with van der Waals surface area (Å²) in [6, 6.07) is 12.0. The van der Waals surface area contributed by atoms with E-state index in [-0.39, 0.29) is 0 Å². The highest BCUT2D eigenvalue weighted by molar-refractivity contribution is 5.76. The number of fused-ring (bicyclic) bond motifs is 1. The molecule has 0 aliphatic heterocycles. The molecule has 0 saturated carbocycles. The lowest BCUT2D eigenvalue weighted by Crippen LogP contribution is -2.03. The maximum atomic E-state index is 8.87. The van der Waals surface area contributed by atoms with Crippen molar-refractivity contribution >= 4 is 11.0 Å². The molecule has 0 radical (unpaired) electrons. The Kier molecular flexibility index (Phi) is 2.58. The van der Waals surface area contributed by atoms with Crippen LogP contribution >= 0.6 is 0 Å². The van der Waals surface area contributed by atoms with Crippen LogP contribution in [-0.4, -0.2) is 9.55 Å². The van der Waals surface area contributed by atoms with Gasteiger partial charge in [-0.3, -0.25) is 0 Å². The Balaban J connectivity index is 2.12. The molecule has 2 aromatic heterocycles. The summed E-state index contributed by atoms with van der Waals surface area (Å²) in [5.41, 5.74) is 3.03. The summed E-state index contributed by atoms with van der Waals surface area (Å²) in [5, 5.41) is 8.87. The molecule has 0 bridgehead atoms. The van der Waals surface area contributed by atoms with Crippen molar-refractivity contribution < 1.29 is 4.42 Å². The number of rotatable bonds is 3. The van der Waals surface area contributed by atoms with Crippen LogP contribution in [-0.2, 0) is 13.0 Å². The van der Waals surface area contributed by atoms with Crippen LogP contribution in [0.3, 0.4) is 0 Å². The fraction of sp³-hybridized carbons (Fsp3) is 0.143. The largest absolute Gasteiger partial charge is 0.472 e. The average Bonchev–Trinajstić information content (AvgIpc) is 3.00. The zero-order valence-electron chi connectivity index (χ0n) is 9.71. The van der Waals surface area contributed by atoms with Crippen LogP contribution < -0.4 is 0 Å². The molecule has 4 heteroatoms. The van der Waals surface area contributed by atoms with Gasteiger partial charge in [0.25, 0.3) is 0 Å². The van der Waals surface area contributed by atoms with Crippen molar-refractivity contribution in [3.63, 3.8) is 0 Å². The normalized spacial score (nSPS) is 10.6. The van der Waals surface area contributed by atoms with Gasteiger partial charge in [-0.05, 0) is 18.2 Å². The first-order valence-corrected chi connectivity index (χ1v) is 5.70. The number of nitrogens with zero attached hydrogens (tertiary/aromatic N) is 3. The van der Waals surface area contributed by atoms with Gasteiger partial charge in [-0.1, -0.05) is 12.1 Å². The Morgan fingerprint density at radius 2 is 2.17 bits per heavy atom. The number of aromatic nitrogens is 2. The van der Waals surface area contributed by atoms with Crippen molar-refractivity contribution in [2.45, 2.75) is 13.0 Å². The van der Waals surface area contributed by atoms with Crippen LogP contribution in [0.4, 0.5) is 0 Å². The third-order valence-corrected chi connectivity index (χ3v) is 2.89. The fourth-order valence-corrected chi connectivity index (χ4v) is 2.07. The Labute approximate surface area is 104 Å². The molecule has 0 spiro atoms. The highest BCUT2D eigenvalue weighted by Crippen LogP contribution is 2.18. The molecule has 0 aliphatic carbocycles. The van der Waals surface area contributed by atoms with Gasteiger partial charge in [0.1, 0.15) is 5.82 Å². The van der Waals surface area contributed by atoms with E-state index in [1.54, 1.807) is 12.5 Å². The summed E-state index contributed by atoms with van der Waals surface area (Å²) >= 11 is 0. The third-order valence-electron chi connectivity index (χ3n) is 2.89. The van der Waals surface area contributed by atoms with E-state index in [2.05, 4.69) is 15.6 Å². The molecule has 18 heavy (non-hydrogen) atoms. The lowest BCUT2D eigenvalue weighted by atomic mass is 10.3. The molecule has 0 amide bonds. The minimum Gasteiger partial charge on any atom is -0.472 e. The highest BCUT2D eigenvalue weighted by atomic mass is 16.3.